The number of hydrogen-bond acceptors (Lipinski definition) is 13. The molecule has 0 unspecified atom stereocenters. The van der Waals surface area contributed by atoms with Gasteiger partial charge in [-0.25, -0.2) is 14.8 Å². The topological polar surface area (TPSA) is 152 Å². The van der Waals surface area contributed by atoms with Gasteiger partial charge in [0.2, 0.25) is 11.8 Å². The molecule has 0 spiro atoms. The zero-order chi connectivity index (χ0) is 43.7. The van der Waals surface area contributed by atoms with E-state index in [4.69, 9.17) is 4.74 Å². The summed E-state index contributed by atoms with van der Waals surface area (Å²) in [6, 6.07) is 0.281. The Bertz CT molecular complexity index is 1020. The molecule has 0 aromatic heterocycles. The molecule has 0 saturated carbocycles. The molecule has 5 heterocycles. The largest absolute Gasteiger partial charge is 0.379 e. The fourth-order valence-corrected chi connectivity index (χ4v) is 6.18. The quantitative estimate of drug-likeness (QED) is 0.255. The van der Waals surface area contributed by atoms with Crippen LogP contribution < -0.4 is 21.5 Å². The normalized spacial score (nSPS) is 20.5. The van der Waals surface area contributed by atoms with E-state index in [1.807, 2.05) is 16.9 Å². The average Bonchev–Trinajstić information content (AvgIpc) is 3.24. The third-order valence-electron chi connectivity index (χ3n) is 10.4. The second kappa shape index (κ2) is 35.1. The number of amides is 4. The fourth-order valence-electron chi connectivity index (χ4n) is 6.18. The average molecular weight is 827 g/mol. The maximum Gasteiger partial charge on any atom is 0.329 e. The first kappa shape index (κ1) is 55.3. The van der Waals surface area contributed by atoms with Crippen LogP contribution >= 0.6 is 0 Å². The molecule has 5 aliphatic rings. The molecule has 0 aliphatic carbocycles. The zero-order valence-corrected chi connectivity index (χ0v) is 38.5. The van der Waals surface area contributed by atoms with Crippen LogP contribution in [0.1, 0.15) is 60.8 Å². The maximum atomic E-state index is 10.9. The summed E-state index contributed by atoms with van der Waals surface area (Å²) in [7, 11) is 7.90. The maximum absolute atomic E-state index is 10.9. The Balaban J connectivity index is 0.000000680. The highest BCUT2D eigenvalue weighted by atomic mass is 16.5. The van der Waals surface area contributed by atoms with Gasteiger partial charge >= 0.3 is 6.03 Å². The lowest BCUT2D eigenvalue weighted by atomic mass is 10.1. The lowest BCUT2D eigenvalue weighted by molar-refractivity contribution is -0.124. The van der Waals surface area contributed by atoms with Gasteiger partial charge in [0.05, 0.1) is 13.2 Å². The number of nitrogens with zero attached hydrogens (tertiary/aromatic N) is 8. The first-order chi connectivity index (χ1) is 27.7. The number of likely N-dealkylation sites (tertiary alicyclic amines) is 1. The van der Waals surface area contributed by atoms with Crippen LogP contribution in [-0.2, 0) is 19.1 Å². The van der Waals surface area contributed by atoms with Crippen molar-refractivity contribution < 1.29 is 23.9 Å². The van der Waals surface area contributed by atoms with Crippen LogP contribution in [-0.4, -0.2) is 235 Å². The summed E-state index contributed by atoms with van der Waals surface area (Å²) in [6.07, 6.45) is 4.09. The van der Waals surface area contributed by atoms with Gasteiger partial charge in [-0.3, -0.25) is 30.1 Å². The van der Waals surface area contributed by atoms with E-state index >= 15 is 0 Å². The van der Waals surface area contributed by atoms with Crippen molar-refractivity contribution in [3.8, 4) is 0 Å². The van der Waals surface area contributed by atoms with Crippen molar-refractivity contribution in [3.63, 3.8) is 0 Å². The van der Waals surface area contributed by atoms with Gasteiger partial charge in [0.15, 0.2) is 5.78 Å². The number of nitrogens with one attached hydrogen (secondary N) is 4. The minimum absolute atomic E-state index is 0.0227. The summed E-state index contributed by atoms with van der Waals surface area (Å²) in [5, 5.41) is 9.34. The second-order valence-corrected chi connectivity index (χ2v) is 15.2. The summed E-state index contributed by atoms with van der Waals surface area (Å²) in [5.41, 5.74) is 5.52. The highest BCUT2D eigenvalue weighted by molar-refractivity contribution is 5.88. The Morgan fingerprint density at radius 1 is 0.586 bits per heavy atom. The number of piperidine rings is 1. The molecule has 5 rings (SSSR count). The molecule has 0 aromatic carbocycles. The van der Waals surface area contributed by atoms with Crippen molar-refractivity contribution in [1.82, 2.24) is 60.9 Å². The summed E-state index contributed by atoms with van der Waals surface area (Å²) in [4.78, 5) is 56.4. The number of allylic oxidation sites excluding steroid dienone is 1. The van der Waals surface area contributed by atoms with Crippen LogP contribution in [0, 0.1) is 0 Å². The van der Waals surface area contributed by atoms with Gasteiger partial charge in [-0.15, -0.1) is 0 Å². The molecule has 0 aromatic rings. The van der Waals surface area contributed by atoms with Gasteiger partial charge < -0.3 is 39.9 Å². The van der Waals surface area contributed by atoms with Crippen LogP contribution in [0.3, 0.4) is 0 Å². The molecule has 0 bridgehead atoms. The van der Waals surface area contributed by atoms with Gasteiger partial charge in [-0.1, -0.05) is 34.3 Å². The smallest absolute Gasteiger partial charge is 0.329 e. The third-order valence-corrected chi connectivity index (χ3v) is 10.4. The van der Waals surface area contributed by atoms with Crippen molar-refractivity contribution in [2.45, 2.75) is 66.8 Å². The highest BCUT2D eigenvalue weighted by Crippen LogP contribution is 2.07. The van der Waals surface area contributed by atoms with E-state index in [1.54, 1.807) is 20.9 Å². The zero-order valence-electron chi connectivity index (χ0n) is 38.5. The van der Waals surface area contributed by atoms with E-state index in [0.29, 0.717) is 12.5 Å². The number of likely N-dealkylation sites (N-methyl/N-ethyl adjacent to an activating group) is 5. The predicted octanol–water partition coefficient (Wildman–Crippen LogP) is 0.713. The molecule has 340 valence electrons. The Kier molecular flexibility index (Phi) is 33.4. The lowest BCUT2D eigenvalue weighted by Gasteiger charge is -2.33. The minimum Gasteiger partial charge on any atom is -0.379 e. The molecule has 4 N–H and O–H groups in total. The number of rotatable bonds is 8. The molecule has 58 heavy (non-hydrogen) atoms. The van der Waals surface area contributed by atoms with Crippen LogP contribution in [0.2, 0.25) is 0 Å². The molecular weight excluding hydrogens is 741 g/mol. The van der Waals surface area contributed by atoms with Crippen LogP contribution in [0.4, 0.5) is 4.79 Å². The molecular formula is C41H86N12O5. The van der Waals surface area contributed by atoms with Crippen molar-refractivity contribution in [1.29, 1.82) is 0 Å². The molecule has 17 nitrogen and oxygen atoms in total. The summed E-state index contributed by atoms with van der Waals surface area (Å²) in [5.74, 6) is 0.226. The first-order valence-electron chi connectivity index (χ1n) is 21.7. The third kappa shape index (κ3) is 30.3. The molecule has 0 radical (unpaired) electrons. The number of carbonyl (C=O) groups is 4. The van der Waals surface area contributed by atoms with E-state index < -0.39 is 0 Å². The minimum atomic E-state index is -0.139. The number of piperazine rings is 3. The Morgan fingerprint density at radius 3 is 1.29 bits per heavy atom. The van der Waals surface area contributed by atoms with Crippen molar-refractivity contribution >= 4 is 23.6 Å². The number of hydrogen-bond donors (Lipinski definition) is 4. The summed E-state index contributed by atoms with van der Waals surface area (Å²) < 4.78 is 5.16. The van der Waals surface area contributed by atoms with Crippen LogP contribution in [0.5, 0.6) is 0 Å². The monoisotopic (exact) mass is 827 g/mol. The van der Waals surface area contributed by atoms with Crippen LogP contribution in [0.25, 0.3) is 0 Å². The molecule has 17 heteroatoms. The number of urea groups is 1. The molecule has 5 saturated heterocycles. The van der Waals surface area contributed by atoms with Gasteiger partial charge in [0.1, 0.15) is 0 Å². The molecule has 5 fully saturated rings. The first-order valence-corrected chi connectivity index (χ1v) is 21.7. The number of ketones is 1. The number of ether oxygens (including phenoxy) is 1. The Labute approximate surface area is 353 Å². The highest BCUT2D eigenvalue weighted by Gasteiger charge is 2.17. The predicted molar refractivity (Wildman–Crippen MR) is 237 cm³/mol. The summed E-state index contributed by atoms with van der Waals surface area (Å²) in [6.45, 7) is 37.6. The number of carbonyl (C=O) groups excluding carboxylic acids is 4. The molecule has 0 atom stereocenters. The van der Waals surface area contributed by atoms with E-state index in [-0.39, 0.29) is 23.6 Å². The number of morpholine rings is 1. The SMILES string of the molecule is C=CC(=O)CC.CC(=O)NC1CCN(C)CC1.CC(=O)NN1CCN(C)CC1.CCN1CCN(CC)CC1.CCN1CCOCC1.CNC(=O)NN1CCN(C)CC1. The lowest BCUT2D eigenvalue weighted by Crippen LogP contribution is -2.54. The van der Waals surface area contributed by atoms with Gasteiger partial charge in [0, 0.05) is 125 Å². The second-order valence-electron chi connectivity index (χ2n) is 15.2. The fraction of sp³-hybridized carbons (Fsp3) is 0.854. The van der Waals surface area contributed by atoms with Gasteiger partial charge in [-0.2, -0.15) is 0 Å². The van der Waals surface area contributed by atoms with Gasteiger partial charge in [0.25, 0.3) is 0 Å². The Hall–Kier alpha value is -2.74. The van der Waals surface area contributed by atoms with Crippen molar-refractivity contribution in [2.24, 2.45) is 0 Å². The number of hydrazine groups is 2. The standard InChI is InChI=1S/C8H16N2O.C8H18N2.C7H16N4O.C7H15N3O.C6H13NO.C5H8O/c1-7(11)9-8-3-5-10(2)6-4-8;1-3-9-5-7-10(4-2)8-6-9;1-8-7(12)9-11-5-3-10(2)4-6-11;1-7(11)8-10-5-3-9(2)4-6-10;1-2-7-3-5-8-6-4-7;1-3-5(6)4-2/h8H,3-6H2,1-2H3,(H,9,11);3-8H2,1-2H3;3-6H2,1-2H3,(H2,8,9,12);3-6H2,1-2H3,(H,8,11);2-6H2,1H3;3H,1,4H2,2H3. The van der Waals surface area contributed by atoms with E-state index in [2.05, 4.69) is 99.4 Å². The van der Waals surface area contributed by atoms with Crippen molar-refractivity contribution in [2.75, 3.05) is 166 Å². The van der Waals surface area contributed by atoms with Crippen LogP contribution in [0.15, 0.2) is 12.7 Å². The molecule has 5 aliphatic heterocycles. The van der Waals surface area contributed by atoms with E-state index in [1.165, 1.54) is 51.9 Å². The van der Waals surface area contributed by atoms with Gasteiger partial charge in [-0.05, 0) is 72.8 Å². The molecule has 4 amide bonds. The Morgan fingerprint density at radius 2 is 0.983 bits per heavy atom. The van der Waals surface area contributed by atoms with Crippen molar-refractivity contribution in [3.05, 3.63) is 12.7 Å². The summed E-state index contributed by atoms with van der Waals surface area (Å²) >= 11 is 0. The van der Waals surface area contributed by atoms with E-state index in [9.17, 15) is 19.2 Å². The van der Waals surface area contributed by atoms with E-state index in [0.717, 1.165) is 105 Å².